The molecule has 1 aromatic rings. The van der Waals surface area contributed by atoms with Crippen molar-refractivity contribution in [3.05, 3.63) is 22.2 Å². The Bertz CT molecular complexity index is 304. The fraction of sp³-hybridized carbons (Fsp3) is 0.429. The zero-order chi connectivity index (χ0) is 10.7. The normalized spacial score (nSPS) is 15.2. The van der Waals surface area contributed by atoms with E-state index >= 15 is 0 Å². The number of nitrogens with zero attached hydrogens (tertiary/aromatic N) is 2. The summed E-state index contributed by atoms with van der Waals surface area (Å²) in [5, 5.41) is 18.9. The van der Waals surface area contributed by atoms with E-state index in [9.17, 15) is 10.2 Å². The maximum absolute atomic E-state index is 9.57. The molecule has 0 saturated heterocycles. The van der Waals surface area contributed by atoms with Crippen molar-refractivity contribution in [3.63, 3.8) is 0 Å². The Kier molecular flexibility index (Phi) is 4.03. The third-order valence-electron chi connectivity index (χ3n) is 1.69. The number of halogens is 2. The Morgan fingerprint density at radius 3 is 2.21 bits per heavy atom. The van der Waals surface area contributed by atoms with E-state index in [4.69, 9.17) is 28.9 Å². The van der Waals surface area contributed by atoms with Gasteiger partial charge in [0.1, 0.15) is 22.7 Å². The highest BCUT2D eigenvalue weighted by Gasteiger charge is 2.23. The molecule has 1 aromatic heterocycles. The standard InChI is InChI=1S/C7H9Cl2N3O2/c8-6-4(5(14)3(13)1-10)7(9)12-2-11-6/h2-3,5,13-14H,1,10H2. The predicted octanol–water partition coefficient (Wildman–Crippen LogP) is 0.136. The molecule has 0 saturated carbocycles. The molecule has 0 aliphatic carbocycles. The van der Waals surface area contributed by atoms with Gasteiger partial charge in [0.25, 0.3) is 0 Å². The van der Waals surface area contributed by atoms with E-state index in [1.165, 1.54) is 0 Å². The van der Waals surface area contributed by atoms with Gasteiger partial charge in [0, 0.05) is 6.54 Å². The van der Waals surface area contributed by atoms with E-state index in [0.717, 1.165) is 6.33 Å². The number of hydrogen-bond donors (Lipinski definition) is 3. The van der Waals surface area contributed by atoms with Crippen LogP contribution in [0.3, 0.4) is 0 Å². The summed E-state index contributed by atoms with van der Waals surface area (Å²) in [5.74, 6) is 0. The lowest BCUT2D eigenvalue weighted by Crippen LogP contribution is -2.27. The van der Waals surface area contributed by atoms with Gasteiger partial charge in [-0.15, -0.1) is 0 Å². The van der Waals surface area contributed by atoms with Crippen LogP contribution in [0.15, 0.2) is 6.33 Å². The van der Waals surface area contributed by atoms with Crippen molar-refractivity contribution in [1.29, 1.82) is 0 Å². The minimum absolute atomic E-state index is 0.00463. The van der Waals surface area contributed by atoms with Crippen LogP contribution in [0.25, 0.3) is 0 Å². The van der Waals surface area contributed by atoms with Crippen molar-refractivity contribution >= 4 is 23.2 Å². The fourth-order valence-corrected chi connectivity index (χ4v) is 1.46. The van der Waals surface area contributed by atoms with Gasteiger partial charge in [-0.05, 0) is 0 Å². The third-order valence-corrected chi connectivity index (χ3v) is 2.29. The van der Waals surface area contributed by atoms with Crippen LogP contribution in [0.5, 0.6) is 0 Å². The topological polar surface area (TPSA) is 92.3 Å². The van der Waals surface area contributed by atoms with Gasteiger partial charge in [0.05, 0.1) is 11.7 Å². The van der Waals surface area contributed by atoms with Crippen LogP contribution in [-0.4, -0.2) is 32.8 Å². The Hall–Kier alpha value is -0.460. The second-order valence-corrected chi connectivity index (χ2v) is 3.33. The van der Waals surface area contributed by atoms with Gasteiger partial charge in [-0.2, -0.15) is 0 Å². The largest absolute Gasteiger partial charge is 0.389 e. The van der Waals surface area contributed by atoms with Crippen molar-refractivity contribution in [2.45, 2.75) is 12.2 Å². The Morgan fingerprint density at radius 2 is 1.79 bits per heavy atom. The van der Waals surface area contributed by atoms with Gasteiger partial charge in [-0.1, -0.05) is 23.2 Å². The van der Waals surface area contributed by atoms with Crippen LogP contribution in [0, 0.1) is 0 Å². The fourth-order valence-electron chi connectivity index (χ4n) is 0.920. The van der Waals surface area contributed by atoms with E-state index < -0.39 is 12.2 Å². The quantitative estimate of drug-likeness (QED) is 0.651. The molecule has 0 aromatic carbocycles. The molecule has 7 heteroatoms. The minimum atomic E-state index is -1.28. The first-order valence-corrected chi connectivity index (χ1v) is 4.55. The second kappa shape index (κ2) is 4.86. The Balaban J connectivity index is 3.05. The van der Waals surface area contributed by atoms with Gasteiger partial charge in [0.15, 0.2) is 0 Å². The molecule has 0 amide bonds. The molecule has 2 atom stereocenters. The molecule has 0 bridgehead atoms. The van der Waals surface area contributed by atoms with Crippen LogP contribution in [0.4, 0.5) is 0 Å². The first-order valence-electron chi connectivity index (χ1n) is 3.80. The highest BCUT2D eigenvalue weighted by atomic mass is 35.5. The molecular weight excluding hydrogens is 229 g/mol. The van der Waals surface area contributed by atoms with Crippen molar-refractivity contribution in [2.24, 2.45) is 5.73 Å². The summed E-state index contributed by atoms with van der Waals surface area (Å²) in [7, 11) is 0. The zero-order valence-electron chi connectivity index (χ0n) is 7.06. The summed E-state index contributed by atoms with van der Waals surface area (Å²) in [4.78, 5) is 7.27. The van der Waals surface area contributed by atoms with Crippen molar-refractivity contribution in [2.75, 3.05) is 6.54 Å². The Labute approximate surface area is 90.5 Å². The molecule has 14 heavy (non-hydrogen) atoms. The summed E-state index contributed by atoms with van der Waals surface area (Å²) in [5.41, 5.74) is 5.26. The second-order valence-electron chi connectivity index (χ2n) is 2.62. The molecule has 5 nitrogen and oxygen atoms in total. The van der Waals surface area contributed by atoms with Gasteiger partial charge in [0.2, 0.25) is 0 Å². The molecule has 4 N–H and O–H groups in total. The molecular formula is C7H9Cl2N3O2. The van der Waals surface area contributed by atoms with E-state index in [2.05, 4.69) is 9.97 Å². The van der Waals surface area contributed by atoms with Crippen LogP contribution in [0.2, 0.25) is 10.3 Å². The number of aliphatic hydroxyl groups is 2. The van der Waals surface area contributed by atoms with Crippen molar-refractivity contribution in [1.82, 2.24) is 9.97 Å². The van der Waals surface area contributed by atoms with Crippen molar-refractivity contribution in [3.8, 4) is 0 Å². The van der Waals surface area contributed by atoms with Crippen LogP contribution < -0.4 is 5.73 Å². The maximum Gasteiger partial charge on any atom is 0.139 e. The molecule has 78 valence electrons. The third kappa shape index (κ3) is 2.31. The number of nitrogens with two attached hydrogens (primary N) is 1. The average molecular weight is 238 g/mol. The van der Waals surface area contributed by atoms with Crippen molar-refractivity contribution < 1.29 is 10.2 Å². The van der Waals surface area contributed by atoms with Crippen LogP contribution >= 0.6 is 23.2 Å². The summed E-state index contributed by atoms with van der Waals surface area (Å²) in [6.45, 7) is -0.108. The molecule has 2 unspecified atom stereocenters. The highest BCUT2D eigenvalue weighted by molar-refractivity contribution is 6.34. The highest BCUT2D eigenvalue weighted by Crippen LogP contribution is 2.28. The van der Waals surface area contributed by atoms with Gasteiger partial charge >= 0.3 is 0 Å². The van der Waals surface area contributed by atoms with E-state index in [0.29, 0.717) is 0 Å². The predicted molar refractivity (Wildman–Crippen MR) is 52.1 cm³/mol. The van der Waals surface area contributed by atoms with E-state index in [1.54, 1.807) is 0 Å². The summed E-state index contributed by atoms with van der Waals surface area (Å²) in [6.07, 6.45) is -1.26. The van der Waals surface area contributed by atoms with Gasteiger partial charge < -0.3 is 15.9 Å². The SMILES string of the molecule is NCC(O)C(O)c1c(Cl)ncnc1Cl. The number of hydrogen-bond acceptors (Lipinski definition) is 5. The number of rotatable bonds is 3. The smallest absolute Gasteiger partial charge is 0.139 e. The molecule has 0 fully saturated rings. The molecule has 0 spiro atoms. The van der Waals surface area contributed by atoms with Gasteiger partial charge in [-0.25, -0.2) is 9.97 Å². The van der Waals surface area contributed by atoms with E-state index in [-0.39, 0.29) is 22.4 Å². The van der Waals surface area contributed by atoms with Gasteiger partial charge in [-0.3, -0.25) is 0 Å². The first-order chi connectivity index (χ1) is 6.57. The maximum atomic E-state index is 9.57. The molecule has 0 radical (unpaired) electrons. The lowest BCUT2D eigenvalue weighted by molar-refractivity contribution is 0.0240. The number of aliphatic hydroxyl groups excluding tert-OH is 2. The zero-order valence-corrected chi connectivity index (χ0v) is 8.57. The molecule has 0 aliphatic rings. The minimum Gasteiger partial charge on any atom is -0.389 e. The monoisotopic (exact) mass is 237 g/mol. The van der Waals surface area contributed by atoms with Crippen LogP contribution in [0.1, 0.15) is 11.7 Å². The summed E-state index contributed by atoms with van der Waals surface area (Å²) >= 11 is 11.4. The van der Waals surface area contributed by atoms with E-state index in [1.807, 2.05) is 0 Å². The first kappa shape index (κ1) is 11.6. The molecule has 0 aliphatic heterocycles. The Morgan fingerprint density at radius 1 is 1.29 bits per heavy atom. The lowest BCUT2D eigenvalue weighted by atomic mass is 10.1. The molecule has 1 rings (SSSR count). The molecule has 1 heterocycles. The average Bonchev–Trinajstić information content (AvgIpc) is 2.16. The summed E-state index contributed by atoms with van der Waals surface area (Å²) in [6, 6.07) is 0. The summed E-state index contributed by atoms with van der Waals surface area (Å²) < 4.78 is 0. The van der Waals surface area contributed by atoms with Crippen LogP contribution in [-0.2, 0) is 0 Å². The lowest BCUT2D eigenvalue weighted by Gasteiger charge is -2.17. The number of aromatic nitrogens is 2.